The zero-order valence-corrected chi connectivity index (χ0v) is 35.0. The van der Waals surface area contributed by atoms with Gasteiger partial charge in [0.15, 0.2) is 11.6 Å². The van der Waals surface area contributed by atoms with E-state index in [1.807, 2.05) is 24.3 Å². The maximum Gasteiger partial charge on any atom is 0.238 e. The predicted molar refractivity (Wildman–Crippen MR) is 262 cm³/mol. The Morgan fingerprint density at radius 2 is 0.873 bits per heavy atom. The molecule has 0 unspecified atom stereocenters. The molecular weight excluding hydrogens is 769 g/mol. The first-order valence-electron chi connectivity index (χ1n) is 21.6. The molecule has 0 atom stereocenters. The van der Waals surface area contributed by atoms with Crippen molar-refractivity contribution < 1.29 is 4.42 Å². The molecule has 0 aliphatic heterocycles. The van der Waals surface area contributed by atoms with E-state index in [2.05, 4.69) is 200 Å². The van der Waals surface area contributed by atoms with Gasteiger partial charge in [0.25, 0.3) is 0 Å². The minimum absolute atomic E-state index is 0.543. The van der Waals surface area contributed by atoms with Crippen molar-refractivity contribution in [2.45, 2.75) is 20.3 Å². The highest BCUT2D eigenvalue weighted by Gasteiger charge is 2.23. The highest BCUT2D eigenvalue weighted by Crippen LogP contribution is 2.44. The summed E-state index contributed by atoms with van der Waals surface area (Å²) in [5.41, 5.74) is 12.3. The van der Waals surface area contributed by atoms with Crippen LogP contribution in [-0.4, -0.2) is 19.5 Å². The Kier molecular flexibility index (Phi) is 9.63. The van der Waals surface area contributed by atoms with Gasteiger partial charge in [-0.2, -0.15) is 9.97 Å². The van der Waals surface area contributed by atoms with Crippen molar-refractivity contribution in [3.63, 3.8) is 0 Å². The van der Waals surface area contributed by atoms with Crippen LogP contribution in [0.2, 0.25) is 0 Å². The Morgan fingerprint density at radius 3 is 1.52 bits per heavy atom. The molecule has 9 aromatic carbocycles. The number of aromatic nitrogens is 4. The number of para-hydroxylation sites is 2. The molecule has 0 radical (unpaired) electrons. The summed E-state index contributed by atoms with van der Waals surface area (Å²) in [5, 5.41) is 6.77. The van der Waals surface area contributed by atoms with E-state index in [4.69, 9.17) is 19.4 Å². The molecule has 63 heavy (non-hydrogen) atoms. The van der Waals surface area contributed by atoms with Crippen LogP contribution in [0, 0.1) is 0 Å². The third-order valence-electron chi connectivity index (χ3n) is 11.7. The van der Waals surface area contributed by atoms with E-state index in [-0.39, 0.29) is 0 Å². The molecule has 5 nitrogen and oxygen atoms in total. The van der Waals surface area contributed by atoms with Crippen LogP contribution in [0.1, 0.15) is 20.3 Å². The van der Waals surface area contributed by atoms with E-state index >= 15 is 0 Å². The maximum absolute atomic E-state index is 6.42. The molecule has 0 saturated carbocycles. The van der Waals surface area contributed by atoms with Crippen molar-refractivity contribution in [2.75, 3.05) is 0 Å². The molecule has 0 aliphatic carbocycles. The normalized spacial score (nSPS) is 11.4. The molecule has 0 aliphatic rings. The van der Waals surface area contributed by atoms with Crippen molar-refractivity contribution >= 4 is 54.5 Å². The Labute approximate surface area is 365 Å². The van der Waals surface area contributed by atoms with Crippen LogP contribution in [0.15, 0.2) is 211 Å². The lowest BCUT2D eigenvalue weighted by atomic mass is 9.96. The van der Waals surface area contributed by atoms with Gasteiger partial charge in [0.05, 0.1) is 11.0 Å². The third kappa shape index (κ3) is 6.71. The Hall–Kier alpha value is -8.15. The van der Waals surface area contributed by atoms with Gasteiger partial charge in [0, 0.05) is 38.2 Å². The highest BCUT2D eigenvalue weighted by atomic mass is 16.3. The monoisotopic (exact) mass is 810 g/mol. The van der Waals surface area contributed by atoms with Crippen molar-refractivity contribution in [3.05, 3.63) is 206 Å². The largest absolute Gasteiger partial charge is 0.456 e. The average molecular weight is 811 g/mol. The summed E-state index contributed by atoms with van der Waals surface area (Å²) >= 11 is 0. The minimum atomic E-state index is 0.543. The lowest BCUT2D eigenvalue weighted by molar-refractivity contribution is 0.669. The van der Waals surface area contributed by atoms with E-state index in [9.17, 15) is 0 Å². The second-order valence-electron chi connectivity index (χ2n) is 15.9. The SMILES string of the molecule is CCC.c1ccc(-c2ccc(-c3nc(-c4ccc(-c5ccccc5)cc4)nc(-n4c5ccc6ccccc6c5c5cccc(-c6cccc7oc8ccccc8c67)c54)n3)cc2)cc1. The Bertz CT molecular complexity index is 3490. The van der Waals surface area contributed by atoms with E-state index in [1.54, 1.807) is 0 Å². The second kappa shape index (κ2) is 16.0. The quantitative estimate of drug-likeness (QED) is 0.168. The zero-order valence-electron chi connectivity index (χ0n) is 35.0. The van der Waals surface area contributed by atoms with Crippen molar-refractivity contribution in [2.24, 2.45) is 0 Å². The molecule has 0 fully saturated rings. The number of hydrogen-bond donors (Lipinski definition) is 0. The molecule has 0 saturated heterocycles. The van der Waals surface area contributed by atoms with Crippen LogP contribution in [0.5, 0.6) is 0 Å². The van der Waals surface area contributed by atoms with Gasteiger partial charge < -0.3 is 4.42 Å². The minimum Gasteiger partial charge on any atom is -0.456 e. The molecule has 5 heteroatoms. The smallest absolute Gasteiger partial charge is 0.238 e. The Morgan fingerprint density at radius 1 is 0.381 bits per heavy atom. The molecule has 0 amide bonds. The van der Waals surface area contributed by atoms with Gasteiger partial charge >= 0.3 is 0 Å². The molecule has 300 valence electrons. The molecular formula is C58H42N4O. The van der Waals surface area contributed by atoms with Crippen LogP contribution in [0.4, 0.5) is 0 Å². The van der Waals surface area contributed by atoms with Crippen LogP contribution < -0.4 is 0 Å². The average Bonchev–Trinajstić information content (AvgIpc) is 3.91. The molecule has 3 aromatic heterocycles. The Balaban J connectivity index is 0.00000144. The fraction of sp³-hybridized carbons (Fsp3) is 0.0517. The van der Waals surface area contributed by atoms with Crippen LogP contribution >= 0.6 is 0 Å². The molecule has 12 rings (SSSR count). The lowest BCUT2D eigenvalue weighted by Gasteiger charge is -2.14. The van der Waals surface area contributed by atoms with Gasteiger partial charge in [0.2, 0.25) is 5.95 Å². The predicted octanol–water partition coefficient (Wildman–Crippen LogP) is 15.8. The van der Waals surface area contributed by atoms with Gasteiger partial charge in [-0.3, -0.25) is 4.57 Å². The van der Waals surface area contributed by atoms with Gasteiger partial charge in [-0.1, -0.05) is 208 Å². The number of fused-ring (bicyclic) bond motifs is 8. The molecule has 0 bridgehead atoms. The highest BCUT2D eigenvalue weighted by molar-refractivity contribution is 6.25. The van der Waals surface area contributed by atoms with Gasteiger partial charge in [-0.15, -0.1) is 0 Å². The molecule has 12 aromatic rings. The van der Waals surface area contributed by atoms with Crippen molar-refractivity contribution in [1.82, 2.24) is 19.5 Å². The summed E-state index contributed by atoms with van der Waals surface area (Å²) in [5.74, 6) is 1.73. The third-order valence-corrected chi connectivity index (χ3v) is 11.7. The number of hydrogen-bond acceptors (Lipinski definition) is 4. The summed E-state index contributed by atoms with van der Waals surface area (Å²) < 4.78 is 8.67. The van der Waals surface area contributed by atoms with Crippen LogP contribution in [0.3, 0.4) is 0 Å². The van der Waals surface area contributed by atoms with E-state index in [0.717, 1.165) is 88.3 Å². The number of benzene rings is 9. The summed E-state index contributed by atoms with van der Waals surface area (Å²) in [6.45, 7) is 4.25. The molecule has 0 spiro atoms. The van der Waals surface area contributed by atoms with E-state index < -0.39 is 0 Å². The van der Waals surface area contributed by atoms with Gasteiger partial charge in [0.1, 0.15) is 11.2 Å². The van der Waals surface area contributed by atoms with Crippen molar-refractivity contribution in [1.29, 1.82) is 0 Å². The number of rotatable bonds is 6. The summed E-state index contributed by atoms with van der Waals surface area (Å²) in [7, 11) is 0. The topological polar surface area (TPSA) is 56.7 Å². The van der Waals surface area contributed by atoms with Crippen LogP contribution in [-0.2, 0) is 0 Å². The van der Waals surface area contributed by atoms with Gasteiger partial charge in [-0.25, -0.2) is 4.98 Å². The standard InChI is InChI=1S/C55H34N4O.C3H8/c1-3-13-35(14-4-1)37-25-29-40(30-26-37)53-56-54(41-31-27-38(28-32-41)36-15-5-2-6-16-36)58-55(57-53)59-47-34-33-39-17-7-8-18-42(39)50(47)46-22-11-21-44(52(46)59)43-20-12-24-49-51(43)45-19-9-10-23-48(45)60-49;1-3-2/h1-34H;3H2,1-2H3. The second-order valence-corrected chi connectivity index (χ2v) is 15.9. The number of nitrogens with zero attached hydrogens (tertiary/aromatic N) is 4. The van der Waals surface area contributed by atoms with E-state index in [1.165, 1.54) is 17.2 Å². The van der Waals surface area contributed by atoms with Gasteiger partial charge in [-0.05, 0) is 56.8 Å². The molecule has 3 heterocycles. The fourth-order valence-electron chi connectivity index (χ4n) is 8.87. The van der Waals surface area contributed by atoms with Crippen molar-refractivity contribution in [3.8, 4) is 62.1 Å². The fourth-order valence-corrected chi connectivity index (χ4v) is 8.87. The summed E-state index contributed by atoms with van der Waals surface area (Å²) in [6, 6.07) is 72.1. The lowest BCUT2D eigenvalue weighted by Crippen LogP contribution is -2.07. The van der Waals surface area contributed by atoms with Crippen LogP contribution in [0.25, 0.3) is 117 Å². The first-order chi connectivity index (χ1) is 31.2. The first kappa shape index (κ1) is 37.8. The number of furan rings is 1. The summed E-state index contributed by atoms with van der Waals surface area (Å²) in [4.78, 5) is 16.0. The maximum atomic E-state index is 6.42. The first-order valence-corrected chi connectivity index (χ1v) is 21.6. The summed E-state index contributed by atoms with van der Waals surface area (Å²) in [6.07, 6.45) is 1.25. The van der Waals surface area contributed by atoms with E-state index in [0.29, 0.717) is 17.6 Å². The molecule has 0 N–H and O–H groups in total. The zero-order chi connectivity index (χ0) is 42.3.